The summed E-state index contributed by atoms with van der Waals surface area (Å²) < 4.78 is 1.93. The first-order valence-electron chi connectivity index (χ1n) is 6.98. The van der Waals surface area contributed by atoms with Crippen molar-refractivity contribution in [3.63, 3.8) is 0 Å². The van der Waals surface area contributed by atoms with Crippen LogP contribution in [0.15, 0.2) is 18.5 Å². The van der Waals surface area contributed by atoms with E-state index < -0.39 is 0 Å². The highest BCUT2D eigenvalue weighted by Crippen LogP contribution is 2.26. The Hall–Kier alpha value is -1.39. The van der Waals surface area contributed by atoms with Gasteiger partial charge in [-0.05, 0) is 37.5 Å². The summed E-state index contributed by atoms with van der Waals surface area (Å²) in [5, 5.41) is 5.17. The van der Waals surface area contributed by atoms with Crippen LogP contribution in [0.3, 0.4) is 0 Å². The molecule has 5 heteroatoms. The topological polar surface area (TPSA) is 56.7 Å². The van der Waals surface area contributed by atoms with E-state index in [4.69, 9.17) is 17.3 Å². The molecular formula is C15H21ClN4. The minimum absolute atomic E-state index is 0.0909. The first kappa shape index (κ1) is 15.0. The van der Waals surface area contributed by atoms with Gasteiger partial charge in [-0.1, -0.05) is 18.5 Å². The summed E-state index contributed by atoms with van der Waals surface area (Å²) in [5.74, 6) is 0. The van der Waals surface area contributed by atoms with Crippen molar-refractivity contribution in [2.24, 2.45) is 5.73 Å². The third kappa shape index (κ3) is 2.86. The summed E-state index contributed by atoms with van der Waals surface area (Å²) in [6, 6.07) is 1.91. The largest absolute Gasteiger partial charge is 0.324 e. The maximum absolute atomic E-state index is 6.38. The minimum atomic E-state index is -0.0909. The van der Waals surface area contributed by atoms with Crippen molar-refractivity contribution in [3.05, 3.63) is 46.0 Å². The highest BCUT2D eigenvalue weighted by Gasteiger charge is 2.18. The summed E-state index contributed by atoms with van der Waals surface area (Å²) in [4.78, 5) is 4.16. The SMILES string of the molecule is CCc1cnccc1C(N)Cc1c(Cl)c(C)nn1CC. The molecule has 0 radical (unpaired) electrons. The van der Waals surface area contributed by atoms with E-state index in [9.17, 15) is 0 Å². The molecule has 0 fully saturated rings. The first-order chi connectivity index (χ1) is 9.58. The monoisotopic (exact) mass is 292 g/mol. The van der Waals surface area contributed by atoms with Gasteiger partial charge in [0.1, 0.15) is 0 Å². The van der Waals surface area contributed by atoms with Gasteiger partial charge in [-0.25, -0.2) is 0 Å². The van der Waals surface area contributed by atoms with E-state index in [1.165, 1.54) is 5.56 Å². The lowest BCUT2D eigenvalue weighted by molar-refractivity contribution is 0.585. The molecule has 2 N–H and O–H groups in total. The number of hydrogen-bond donors (Lipinski definition) is 1. The number of rotatable bonds is 5. The normalized spacial score (nSPS) is 12.7. The Kier molecular flexibility index (Phi) is 4.78. The van der Waals surface area contributed by atoms with Gasteiger partial charge in [0.25, 0.3) is 0 Å². The van der Waals surface area contributed by atoms with E-state index in [2.05, 4.69) is 23.9 Å². The van der Waals surface area contributed by atoms with Crippen LogP contribution in [0.2, 0.25) is 5.02 Å². The van der Waals surface area contributed by atoms with Gasteiger partial charge >= 0.3 is 0 Å². The van der Waals surface area contributed by atoms with Crippen LogP contribution in [-0.4, -0.2) is 14.8 Å². The van der Waals surface area contributed by atoms with Crippen LogP contribution in [-0.2, 0) is 19.4 Å². The molecule has 0 amide bonds. The fraction of sp³-hybridized carbons (Fsp3) is 0.467. The standard InChI is InChI=1S/C15H21ClN4/c1-4-11-9-18-7-6-12(11)13(17)8-14-15(16)10(3)19-20(14)5-2/h6-7,9,13H,4-5,8,17H2,1-3H3. The van der Waals surface area contributed by atoms with Gasteiger partial charge in [-0.3, -0.25) is 9.67 Å². The Morgan fingerprint density at radius 2 is 2.15 bits per heavy atom. The number of aryl methyl sites for hydroxylation is 3. The number of aromatic nitrogens is 3. The van der Waals surface area contributed by atoms with Gasteiger partial charge in [-0.15, -0.1) is 0 Å². The fourth-order valence-corrected chi connectivity index (χ4v) is 2.69. The highest BCUT2D eigenvalue weighted by molar-refractivity contribution is 6.31. The lowest BCUT2D eigenvalue weighted by Crippen LogP contribution is -2.18. The average molecular weight is 293 g/mol. The van der Waals surface area contributed by atoms with E-state index in [-0.39, 0.29) is 6.04 Å². The van der Waals surface area contributed by atoms with Gasteiger partial charge in [0.15, 0.2) is 0 Å². The Labute approximate surface area is 125 Å². The van der Waals surface area contributed by atoms with Crippen LogP contribution in [0.25, 0.3) is 0 Å². The van der Waals surface area contributed by atoms with Gasteiger partial charge in [0.05, 0.1) is 16.4 Å². The second-order valence-corrected chi connectivity index (χ2v) is 5.28. The Morgan fingerprint density at radius 1 is 1.40 bits per heavy atom. The number of nitrogens with two attached hydrogens (primary N) is 1. The Morgan fingerprint density at radius 3 is 2.80 bits per heavy atom. The third-order valence-electron chi connectivity index (χ3n) is 3.59. The van der Waals surface area contributed by atoms with Crippen molar-refractivity contribution < 1.29 is 0 Å². The molecule has 108 valence electrons. The molecule has 0 bridgehead atoms. The second kappa shape index (κ2) is 6.37. The quantitative estimate of drug-likeness (QED) is 0.921. The van der Waals surface area contributed by atoms with E-state index in [1.807, 2.05) is 23.9 Å². The van der Waals surface area contributed by atoms with E-state index in [0.717, 1.165) is 34.9 Å². The van der Waals surface area contributed by atoms with Crippen LogP contribution >= 0.6 is 11.6 Å². The van der Waals surface area contributed by atoms with Gasteiger partial charge in [0, 0.05) is 31.4 Å². The number of pyridine rings is 1. The average Bonchev–Trinajstić information content (AvgIpc) is 2.74. The molecule has 0 saturated carbocycles. The molecule has 0 aliphatic heterocycles. The molecule has 2 aromatic rings. The Balaban J connectivity index is 2.30. The molecular weight excluding hydrogens is 272 g/mol. The van der Waals surface area contributed by atoms with Crippen molar-refractivity contribution in [3.8, 4) is 0 Å². The molecule has 20 heavy (non-hydrogen) atoms. The van der Waals surface area contributed by atoms with Crippen LogP contribution in [0.4, 0.5) is 0 Å². The third-order valence-corrected chi connectivity index (χ3v) is 4.08. The number of halogens is 1. The molecule has 0 saturated heterocycles. The fourth-order valence-electron chi connectivity index (χ4n) is 2.48. The zero-order valence-corrected chi connectivity index (χ0v) is 13.0. The summed E-state index contributed by atoms with van der Waals surface area (Å²) in [5.41, 5.74) is 10.6. The Bertz CT molecular complexity index is 592. The zero-order chi connectivity index (χ0) is 14.7. The van der Waals surface area contributed by atoms with Crippen LogP contribution in [0.5, 0.6) is 0 Å². The molecule has 0 aliphatic rings. The summed E-state index contributed by atoms with van der Waals surface area (Å²) in [6.45, 7) is 6.89. The lowest BCUT2D eigenvalue weighted by atomic mass is 9.98. The van der Waals surface area contributed by atoms with Crippen LogP contribution in [0, 0.1) is 6.92 Å². The molecule has 0 aromatic carbocycles. The molecule has 0 aliphatic carbocycles. The van der Waals surface area contributed by atoms with Crippen molar-refractivity contribution in [1.29, 1.82) is 0 Å². The first-order valence-corrected chi connectivity index (χ1v) is 7.36. The van der Waals surface area contributed by atoms with Gasteiger partial charge < -0.3 is 5.73 Å². The van der Waals surface area contributed by atoms with Crippen molar-refractivity contribution in [1.82, 2.24) is 14.8 Å². The van der Waals surface area contributed by atoms with Crippen molar-refractivity contribution >= 4 is 11.6 Å². The van der Waals surface area contributed by atoms with Crippen LogP contribution in [0.1, 0.15) is 42.4 Å². The number of hydrogen-bond acceptors (Lipinski definition) is 3. The molecule has 4 nitrogen and oxygen atoms in total. The maximum atomic E-state index is 6.38. The minimum Gasteiger partial charge on any atom is -0.324 e. The molecule has 1 atom stereocenters. The second-order valence-electron chi connectivity index (χ2n) is 4.90. The molecule has 1 unspecified atom stereocenters. The molecule has 2 aromatic heterocycles. The van der Waals surface area contributed by atoms with E-state index >= 15 is 0 Å². The van der Waals surface area contributed by atoms with Crippen molar-refractivity contribution in [2.75, 3.05) is 0 Å². The van der Waals surface area contributed by atoms with Crippen LogP contribution < -0.4 is 5.73 Å². The summed E-state index contributed by atoms with van der Waals surface area (Å²) in [6.07, 6.45) is 5.29. The van der Waals surface area contributed by atoms with E-state index in [0.29, 0.717) is 6.42 Å². The van der Waals surface area contributed by atoms with Gasteiger partial charge in [0.2, 0.25) is 0 Å². The summed E-state index contributed by atoms with van der Waals surface area (Å²) >= 11 is 6.35. The molecule has 0 spiro atoms. The van der Waals surface area contributed by atoms with Gasteiger partial charge in [-0.2, -0.15) is 5.10 Å². The predicted octanol–water partition coefficient (Wildman–Crippen LogP) is 3.06. The maximum Gasteiger partial charge on any atom is 0.0847 e. The zero-order valence-electron chi connectivity index (χ0n) is 12.2. The van der Waals surface area contributed by atoms with E-state index in [1.54, 1.807) is 6.20 Å². The lowest BCUT2D eigenvalue weighted by Gasteiger charge is -2.16. The smallest absolute Gasteiger partial charge is 0.0847 e. The molecule has 2 rings (SSSR count). The summed E-state index contributed by atoms with van der Waals surface area (Å²) in [7, 11) is 0. The van der Waals surface area contributed by atoms with Crippen molar-refractivity contribution in [2.45, 2.75) is 46.2 Å². The highest BCUT2D eigenvalue weighted by atomic mass is 35.5. The number of nitrogens with zero attached hydrogens (tertiary/aromatic N) is 3. The molecule has 2 heterocycles. The predicted molar refractivity (Wildman–Crippen MR) is 81.9 cm³/mol.